The van der Waals surface area contributed by atoms with Crippen LogP contribution < -0.4 is 26.5 Å². The van der Waals surface area contributed by atoms with E-state index in [-0.39, 0.29) is 32.0 Å². The van der Waals surface area contributed by atoms with Crippen molar-refractivity contribution in [2.75, 3.05) is 6.54 Å². The van der Waals surface area contributed by atoms with Crippen LogP contribution in [-0.4, -0.2) is 52.9 Å². The topological polar surface area (TPSA) is 86.7 Å². The van der Waals surface area contributed by atoms with Crippen molar-refractivity contribution in [3.63, 3.8) is 0 Å². The third kappa shape index (κ3) is 4.48. The molecule has 3 rings (SSSR count). The summed E-state index contributed by atoms with van der Waals surface area (Å²) < 4.78 is -1.19. The van der Waals surface area contributed by atoms with Gasteiger partial charge in [0.25, 0.3) is 0 Å². The molecule has 0 radical (unpaired) electrons. The second kappa shape index (κ2) is 8.48. The quantitative estimate of drug-likeness (QED) is 0.114. The number of nitrogens with one attached hydrogen (secondary N) is 1. The molecule has 0 aromatic heterocycles. The maximum absolute atomic E-state index is 12.6. The fourth-order valence-electron chi connectivity index (χ4n) is 3.56. The number of halogens is 1. The molecule has 0 aliphatic carbocycles. The molecule has 4 atom stereocenters. The van der Waals surface area contributed by atoms with Gasteiger partial charge in [0, 0.05) is 0 Å². The van der Waals surface area contributed by atoms with Crippen LogP contribution in [0.3, 0.4) is 0 Å². The monoisotopic (exact) mass is 503 g/mol. The Morgan fingerprint density at radius 2 is 2.11 bits per heavy atom. The van der Waals surface area contributed by atoms with Gasteiger partial charge in [-0.25, -0.2) is 0 Å². The number of carbonyl (C=O) groups is 3. The average molecular weight is 503 g/mol. The summed E-state index contributed by atoms with van der Waals surface area (Å²) in [4.78, 5) is 37.0. The summed E-state index contributed by atoms with van der Waals surface area (Å²) in [6, 6.07) is 9.73. The predicted molar refractivity (Wildman–Crippen MR) is 100 cm³/mol. The van der Waals surface area contributed by atoms with Crippen LogP contribution in [0.15, 0.2) is 30.3 Å². The number of nitrogens with zero attached hydrogens (tertiary/aromatic N) is 1. The van der Waals surface area contributed by atoms with E-state index in [2.05, 4.69) is 5.32 Å². The summed E-state index contributed by atoms with van der Waals surface area (Å²) >= 11 is 0.565. The molecule has 8 heteroatoms. The van der Waals surface area contributed by atoms with E-state index >= 15 is 0 Å². The summed E-state index contributed by atoms with van der Waals surface area (Å²) in [6.07, 6.45) is 2.40. The van der Waals surface area contributed by atoms with Crippen LogP contribution in [-0.2, 0) is 16.0 Å². The molecular formula is C19H24IN2O4S-. The van der Waals surface area contributed by atoms with Crippen molar-refractivity contribution in [2.24, 2.45) is 5.92 Å². The first-order valence-corrected chi connectivity index (χ1v) is 12.1. The normalized spacial score (nSPS) is 27.1. The van der Waals surface area contributed by atoms with Gasteiger partial charge in [0.2, 0.25) is 0 Å². The molecule has 1 amide bonds. The number of β-lactam (4-membered cyclic amide) rings is 1. The fraction of sp³-hybridized carbons (Fsp3) is 0.526. The van der Waals surface area contributed by atoms with Crippen LogP contribution >= 0.6 is 11.8 Å². The van der Waals surface area contributed by atoms with Crippen molar-refractivity contribution in [1.82, 2.24) is 10.2 Å². The van der Waals surface area contributed by atoms with Gasteiger partial charge in [-0.15, -0.1) is 0 Å². The first kappa shape index (κ1) is 20.6. The molecule has 6 nitrogen and oxygen atoms in total. The Kier molecular flexibility index (Phi) is 6.47. The summed E-state index contributed by atoms with van der Waals surface area (Å²) in [5.74, 6) is -0.166. The minimum atomic E-state index is -1.12. The summed E-state index contributed by atoms with van der Waals surface area (Å²) in [5, 5.41) is 12.4. The molecule has 1 aromatic carbocycles. The Labute approximate surface area is 173 Å². The number of amides is 1. The molecule has 2 N–H and O–H groups in total. The van der Waals surface area contributed by atoms with Gasteiger partial charge >= 0.3 is 168 Å². The first-order chi connectivity index (χ1) is 12.8. The Bertz CT molecular complexity index is 715. The maximum atomic E-state index is 12.6. The van der Waals surface area contributed by atoms with E-state index in [0.29, 0.717) is 13.0 Å². The Morgan fingerprint density at radius 3 is 2.74 bits per heavy atom. The Morgan fingerprint density at radius 1 is 1.41 bits per heavy atom. The number of fused-ring (bicyclic) bond motifs is 1. The van der Waals surface area contributed by atoms with Crippen molar-refractivity contribution in [1.29, 1.82) is 0 Å². The summed E-state index contributed by atoms with van der Waals surface area (Å²) in [7, 11) is 0. The first-order valence-electron chi connectivity index (χ1n) is 8.92. The molecule has 3 unspecified atom stereocenters. The van der Waals surface area contributed by atoms with Crippen molar-refractivity contribution in [3.05, 3.63) is 35.9 Å². The van der Waals surface area contributed by atoms with E-state index in [9.17, 15) is 19.5 Å². The molecule has 0 bridgehead atoms. The standard InChI is InChI=1S/C19H24IN2O4S/c1-19(2)17(20-18(25)26)22-15(24)14(16(22)27-19)10-21-13(11-23)9-8-12-6-4-3-5-7-12/h3-7,11,13-14,16-17,21H,8-10H2,1-2H3,(H,25,26)/q-1/t13?,14-,16?,17?/m1/s1. The summed E-state index contributed by atoms with van der Waals surface area (Å²) in [6.45, 7) is 4.50. The van der Waals surface area contributed by atoms with Crippen LogP contribution in [0.1, 0.15) is 25.8 Å². The Balaban J connectivity index is 1.53. The number of alkyl halides is 1. The molecule has 27 heavy (non-hydrogen) atoms. The van der Waals surface area contributed by atoms with E-state index in [4.69, 9.17) is 0 Å². The third-order valence-electron chi connectivity index (χ3n) is 4.98. The zero-order valence-electron chi connectivity index (χ0n) is 15.3. The van der Waals surface area contributed by atoms with Gasteiger partial charge < -0.3 is 0 Å². The number of hydrogen-bond acceptors (Lipinski definition) is 5. The molecule has 2 heterocycles. The van der Waals surface area contributed by atoms with Gasteiger partial charge in [-0.2, -0.15) is 0 Å². The zero-order valence-corrected chi connectivity index (χ0v) is 18.3. The molecule has 2 fully saturated rings. The molecule has 2 aliphatic rings. The molecule has 2 aliphatic heterocycles. The molecule has 1 aromatic rings. The van der Waals surface area contributed by atoms with Gasteiger partial charge in [-0.3, -0.25) is 0 Å². The molecule has 0 spiro atoms. The van der Waals surface area contributed by atoms with Crippen LogP contribution in [0.5, 0.6) is 0 Å². The second-order valence-electron chi connectivity index (χ2n) is 7.34. The van der Waals surface area contributed by atoms with E-state index in [1.54, 1.807) is 16.7 Å². The van der Waals surface area contributed by atoms with Gasteiger partial charge in [-0.05, 0) is 0 Å². The van der Waals surface area contributed by atoms with Gasteiger partial charge in [0.1, 0.15) is 0 Å². The van der Waals surface area contributed by atoms with E-state index in [0.717, 1.165) is 12.7 Å². The van der Waals surface area contributed by atoms with Crippen molar-refractivity contribution in [3.8, 4) is 0 Å². The average Bonchev–Trinajstić information content (AvgIpc) is 2.86. The van der Waals surface area contributed by atoms with Crippen molar-refractivity contribution in [2.45, 2.75) is 46.9 Å². The van der Waals surface area contributed by atoms with Gasteiger partial charge in [0.15, 0.2) is 0 Å². The minimum absolute atomic E-state index is 0.0178. The number of rotatable bonds is 9. The van der Waals surface area contributed by atoms with Crippen molar-refractivity contribution < 1.29 is 40.7 Å². The molecule has 0 saturated carbocycles. The van der Waals surface area contributed by atoms with E-state index < -0.39 is 25.2 Å². The number of carbonyl (C=O) groups excluding carboxylic acids is 2. The second-order valence-corrected chi connectivity index (χ2v) is 11.8. The molecular weight excluding hydrogens is 479 g/mol. The van der Waals surface area contributed by atoms with Gasteiger partial charge in [0.05, 0.1) is 0 Å². The van der Waals surface area contributed by atoms with Gasteiger partial charge in [-0.1, -0.05) is 6.07 Å². The predicted octanol–water partition coefficient (Wildman–Crippen LogP) is -0.821. The van der Waals surface area contributed by atoms with Crippen LogP contribution in [0, 0.1) is 5.92 Å². The van der Waals surface area contributed by atoms with E-state index in [1.165, 1.54) is 5.56 Å². The molecule has 148 valence electrons. The summed E-state index contributed by atoms with van der Waals surface area (Å²) in [5.41, 5.74) is 1.19. The third-order valence-corrected chi connectivity index (χ3v) is 10.3. The SMILES string of the molecule is CC1(C)SC2[C@H](CNC(C=O)CCc3ccccc3)C(=O)N2C1[I-]C(=O)O. The number of hydrogen-bond donors (Lipinski definition) is 2. The number of thioether (sulfide) groups is 1. The molecule has 2 saturated heterocycles. The van der Waals surface area contributed by atoms with Crippen LogP contribution in [0.2, 0.25) is 0 Å². The zero-order chi connectivity index (χ0) is 19.6. The number of carboxylic acid groups (broad SMARTS) is 1. The van der Waals surface area contributed by atoms with Crippen molar-refractivity contribution >= 4 is 27.9 Å². The van der Waals surface area contributed by atoms with Crippen LogP contribution in [0.4, 0.5) is 4.79 Å². The van der Waals surface area contributed by atoms with Crippen LogP contribution in [0.25, 0.3) is 0 Å². The fourth-order valence-corrected chi connectivity index (χ4v) is 8.25. The number of aldehydes is 1. The number of benzene rings is 1. The Hall–Kier alpha value is -1.13. The number of aryl methyl sites for hydroxylation is 1. The van der Waals surface area contributed by atoms with E-state index in [1.807, 2.05) is 44.2 Å².